The van der Waals surface area contributed by atoms with Crippen LogP contribution in [0.1, 0.15) is 24.0 Å². The second-order valence-electron chi connectivity index (χ2n) is 10.7. The highest BCUT2D eigenvalue weighted by Gasteiger charge is 2.21. The molecule has 1 amide bonds. The molecule has 5 rings (SSSR count). The van der Waals surface area contributed by atoms with Gasteiger partial charge in [0.15, 0.2) is 0 Å². The summed E-state index contributed by atoms with van der Waals surface area (Å²) >= 11 is 14.0. The minimum Gasteiger partial charge on any atom is -0.496 e. The normalized spacial score (nSPS) is 14.3. The lowest BCUT2D eigenvalue weighted by Crippen LogP contribution is -2.35. The van der Waals surface area contributed by atoms with E-state index in [2.05, 4.69) is 26.3 Å². The summed E-state index contributed by atoms with van der Waals surface area (Å²) in [4.78, 5) is 16.1. The van der Waals surface area contributed by atoms with Crippen LogP contribution in [0.4, 0.5) is 11.4 Å². The van der Waals surface area contributed by atoms with Crippen molar-refractivity contribution in [2.24, 2.45) is 0 Å². The van der Waals surface area contributed by atoms with Gasteiger partial charge in [0.25, 0.3) is 0 Å². The Labute approximate surface area is 273 Å². The number of aliphatic hydroxyl groups is 1. The van der Waals surface area contributed by atoms with Gasteiger partial charge < -0.3 is 35.8 Å². The number of anilines is 2. The number of aromatic nitrogens is 1. The Balaban J connectivity index is 1.38. The second-order valence-corrected chi connectivity index (χ2v) is 11.4. The molecule has 9 nitrogen and oxygen atoms in total. The predicted molar refractivity (Wildman–Crippen MR) is 180 cm³/mol. The maximum atomic E-state index is 11.5. The van der Waals surface area contributed by atoms with Crippen molar-refractivity contribution < 1.29 is 19.4 Å². The summed E-state index contributed by atoms with van der Waals surface area (Å²) in [6, 6.07) is 19.5. The summed E-state index contributed by atoms with van der Waals surface area (Å²) in [7, 11) is 3.27. The number of carbonyl (C=O) groups excluding carboxylic acids is 1. The summed E-state index contributed by atoms with van der Waals surface area (Å²) in [6.45, 7) is 2.38. The molecule has 11 heteroatoms. The number of hydrogen-bond donors (Lipinski definition) is 5. The standard InChI is InChI=1S/C34H37Cl2N5O4/c1-44-29-17-21(9-10-22(29)18-38-20-24-11-12-30(43)40-24)33-32(36)26(13-14-39-33)25-6-4-7-27(31(25)35)41-28-8-3-5-23(34(28)45-2)19-37-15-16-42/h3-10,13-14,17,24,37-38,41-42H,11-12,15-16,18-20H2,1-2H3,(H,40,43). The Morgan fingerprint density at radius 2 is 1.71 bits per heavy atom. The van der Waals surface area contributed by atoms with Crippen molar-refractivity contribution in [3.8, 4) is 33.9 Å². The number of amides is 1. The minimum absolute atomic E-state index is 0.0571. The van der Waals surface area contributed by atoms with Crippen LogP contribution < -0.4 is 30.7 Å². The van der Waals surface area contributed by atoms with Crippen molar-refractivity contribution in [3.63, 3.8) is 0 Å². The molecule has 0 radical (unpaired) electrons. The Morgan fingerprint density at radius 1 is 0.933 bits per heavy atom. The van der Waals surface area contributed by atoms with E-state index in [-0.39, 0.29) is 18.6 Å². The van der Waals surface area contributed by atoms with E-state index < -0.39 is 0 Å². The number of para-hydroxylation sites is 1. The quantitative estimate of drug-likeness (QED) is 0.107. The molecule has 1 fully saturated rings. The van der Waals surface area contributed by atoms with E-state index in [0.29, 0.717) is 65.5 Å². The van der Waals surface area contributed by atoms with Gasteiger partial charge in [0.1, 0.15) is 11.5 Å². The minimum atomic E-state index is 0.0571. The first-order chi connectivity index (χ1) is 21.9. The molecule has 1 aliphatic heterocycles. The highest BCUT2D eigenvalue weighted by atomic mass is 35.5. The highest BCUT2D eigenvalue weighted by Crippen LogP contribution is 2.42. The van der Waals surface area contributed by atoms with E-state index in [4.69, 9.17) is 37.8 Å². The molecule has 2 heterocycles. The number of ether oxygens (including phenoxy) is 2. The average Bonchev–Trinajstić information content (AvgIpc) is 3.47. The van der Waals surface area contributed by atoms with Crippen LogP contribution in [0.3, 0.4) is 0 Å². The lowest BCUT2D eigenvalue weighted by Gasteiger charge is -2.18. The van der Waals surface area contributed by atoms with Crippen molar-refractivity contribution in [3.05, 3.63) is 88.0 Å². The van der Waals surface area contributed by atoms with E-state index in [9.17, 15) is 4.79 Å². The third-order valence-electron chi connectivity index (χ3n) is 7.70. The fraction of sp³-hybridized carbons (Fsp3) is 0.294. The van der Waals surface area contributed by atoms with Crippen LogP contribution in [0, 0.1) is 0 Å². The monoisotopic (exact) mass is 649 g/mol. The Hall–Kier alpha value is -3.86. The number of carbonyl (C=O) groups is 1. The number of pyridine rings is 1. The maximum absolute atomic E-state index is 11.5. The molecule has 0 bridgehead atoms. The van der Waals surface area contributed by atoms with Gasteiger partial charge in [-0.25, -0.2) is 0 Å². The van der Waals surface area contributed by atoms with Crippen LogP contribution in [0.25, 0.3) is 22.4 Å². The van der Waals surface area contributed by atoms with E-state index >= 15 is 0 Å². The molecule has 1 unspecified atom stereocenters. The summed E-state index contributed by atoms with van der Waals surface area (Å²) in [5, 5.41) is 23.1. The number of halogens is 2. The van der Waals surface area contributed by atoms with Gasteiger partial charge in [-0.2, -0.15) is 0 Å². The molecule has 5 N–H and O–H groups in total. The fourth-order valence-corrected chi connectivity index (χ4v) is 6.05. The average molecular weight is 651 g/mol. The molecule has 1 saturated heterocycles. The van der Waals surface area contributed by atoms with Crippen molar-refractivity contribution in [1.82, 2.24) is 20.9 Å². The third-order valence-corrected chi connectivity index (χ3v) is 8.49. The summed E-state index contributed by atoms with van der Waals surface area (Å²) in [5.74, 6) is 1.51. The van der Waals surface area contributed by atoms with Crippen LogP contribution in [-0.4, -0.2) is 56.0 Å². The molecule has 1 aliphatic rings. The molecule has 0 saturated carbocycles. The molecule has 4 aromatic rings. The smallest absolute Gasteiger partial charge is 0.220 e. The molecule has 1 atom stereocenters. The van der Waals surface area contributed by atoms with Gasteiger partial charge in [-0.15, -0.1) is 0 Å². The van der Waals surface area contributed by atoms with E-state index in [1.165, 1.54) is 0 Å². The van der Waals surface area contributed by atoms with Crippen molar-refractivity contribution in [2.45, 2.75) is 32.0 Å². The van der Waals surface area contributed by atoms with Crippen LogP contribution in [-0.2, 0) is 17.9 Å². The first-order valence-corrected chi connectivity index (χ1v) is 15.5. The number of nitrogens with zero attached hydrogens (tertiary/aromatic N) is 1. The van der Waals surface area contributed by atoms with Gasteiger partial charge in [-0.05, 0) is 30.7 Å². The van der Waals surface area contributed by atoms with Crippen LogP contribution >= 0.6 is 23.2 Å². The van der Waals surface area contributed by atoms with Gasteiger partial charge in [-0.1, -0.05) is 59.6 Å². The van der Waals surface area contributed by atoms with Crippen molar-refractivity contribution >= 4 is 40.5 Å². The van der Waals surface area contributed by atoms with Gasteiger partial charge in [0.05, 0.1) is 47.9 Å². The zero-order chi connectivity index (χ0) is 31.8. The maximum Gasteiger partial charge on any atom is 0.220 e. The lowest BCUT2D eigenvalue weighted by atomic mass is 10.0. The lowest BCUT2D eigenvalue weighted by molar-refractivity contribution is -0.119. The number of methoxy groups -OCH3 is 2. The third kappa shape index (κ3) is 7.69. The largest absolute Gasteiger partial charge is 0.496 e. The molecule has 3 aromatic carbocycles. The highest BCUT2D eigenvalue weighted by molar-refractivity contribution is 6.39. The first-order valence-electron chi connectivity index (χ1n) is 14.8. The fourth-order valence-electron chi connectivity index (χ4n) is 5.45. The summed E-state index contributed by atoms with van der Waals surface area (Å²) < 4.78 is 11.4. The Kier molecular flexibility index (Phi) is 11.2. The van der Waals surface area contributed by atoms with Gasteiger partial charge in [0, 0.05) is 72.7 Å². The molecule has 236 valence electrons. The van der Waals surface area contributed by atoms with Gasteiger partial charge in [0.2, 0.25) is 5.91 Å². The van der Waals surface area contributed by atoms with Gasteiger partial charge in [-0.3, -0.25) is 9.78 Å². The van der Waals surface area contributed by atoms with Crippen LogP contribution in [0.5, 0.6) is 11.5 Å². The molecular formula is C34H37Cl2N5O4. The van der Waals surface area contributed by atoms with Gasteiger partial charge >= 0.3 is 0 Å². The Morgan fingerprint density at radius 3 is 2.47 bits per heavy atom. The number of benzene rings is 3. The van der Waals surface area contributed by atoms with E-state index in [1.807, 2.05) is 60.7 Å². The molecule has 1 aromatic heterocycles. The molecule has 45 heavy (non-hydrogen) atoms. The van der Waals surface area contributed by atoms with E-state index in [0.717, 1.165) is 39.9 Å². The number of nitrogens with one attached hydrogen (secondary N) is 4. The summed E-state index contributed by atoms with van der Waals surface area (Å²) in [5.41, 5.74) is 6.31. The zero-order valence-corrected chi connectivity index (χ0v) is 26.8. The van der Waals surface area contributed by atoms with Crippen LogP contribution in [0.2, 0.25) is 10.0 Å². The van der Waals surface area contributed by atoms with Crippen molar-refractivity contribution in [2.75, 3.05) is 39.2 Å². The molecular weight excluding hydrogens is 613 g/mol. The predicted octanol–water partition coefficient (Wildman–Crippen LogP) is 5.93. The Bertz CT molecular complexity index is 1650. The topological polar surface area (TPSA) is 117 Å². The summed E-state index contributed by atoms with van der Waals surface area (Å²) in [6.07, 6.45) is 3.14. The van der Waals surface area contributed by atoms with Crippen LogP contribution in [0.15, 0.2) is 66.9 Å². The number of hydrogen-bond acceptors (Lipinski definition) is 8. The molecule has 0 spiro atoms. The molecule has 0 aliphatic carbocycles. The SMILES string of the molecule is COc1cc(-c2nccc(-c3cccc(Nc4cccc(CNCCO)c4OC)c3Cl)c2Cl)ccc1CNCC1CCC(=O)N1. The first kappa shape index (κ1) is 32.5. The number of rotatable bonds is 14. The van der Waals surface area contributed by atoms with Crippen molar-refractivity contribution in [1.29, 1.82) is 0 Å². The van der Waals surface area contributed by atoms with E-state index in [1.54, 1.807) is 20.4 Å². The second kappa shape index (κ2) is 15.4. The zero-order valence-electron chi connectivity index (χ0n) is 25.3. The number of aliphatic hydroxyl groups excluding tert-OH is 1.